The van der Waals surface area contributed by atoms with Gasteiger partial charge in [0.25, 0.3) is 0 Å². The van der Waals surface area contributed by atoms with Gasteiger partial charge in [0, 0.05) is 5.56 Å². The number of nitrogens with zero attached hydrogens (tertiary/aromatic N) is 1. The molecule has 2 rings (SSSR count). The number of hydrogen-bond acceptors (Lipinski definition) is 7. The van der Waals surface area contributed by atoms with E-state index in [9.17, 15) is 22.9 Å². The molecule has 0 radical (unpaired) electrons. The van der Waals surface area contributed by atoms with Gasteiger partial charge >= 0.3 is 59.1 Å². The molecule has 24 heavy (non-hydrogen) atoms. The van der Waals surface area contributed by atoms with Crippen LogP contribution in [-0.2, 0) is 10.1 Å². The molecule has 0 aliphatic rings. The first-order chi connectivity index (χ1) is 10.4. The van der Waals surface area contributed by atoms with Gasteiger partial charge in [-0.15, -0.1) is 0 Å². The molecule has 0 amide bonds. The summed E-state index contributed by atoms with van der Waals surface area (Å²) in [6, 6.07) is 11.7. The smallest absolute Gasteiger partial charge is 0.744 e. The number of rotatable bonds is 5. The first kappa shape index (κ1) is 23.3. The molecule has 0 aliphatic carbocycles. The zero-order valence-corrected chi connectivity index (χ0v) is 17.9. The Balaban J connectivity index is 0.00000264. The molecule has 0 spiro atoms. The predicted octanol–water partition coefficient (Wildman–Crippen LogP) is -5.59. The summed E-state index contributed by atoms with van der Waals surface area (Å²) in [5.74, 6) is -1.52. The average molecular weight is 364 g/mol. The van der Waals surface area contributed by atoms with Crippen molar-refractivity contribution in [3.05, 3.63) is 59.7 Å². The fraction of sp³-hybridized carbons (Fsp3) is 0. The van der Waals surface area contributed by atoms with Gasteiger partial charge in [0.15, 0.2) is 0 Å². The standard InChI is InChI=1S/C14H12N2O5S.2Na/c17-14(18)12-7-6-11(22(19,20)21)8-13(12)16-15-9-10-4-2-1-3-5-10;;/h1-9,16H,(H,17,18)(H,19,20,21);;/q;2*+1/p-2/b15-9+;;. The minimum Gasteiger partial charge on any atom is -0.744 e. The van der Waals surface area contributed by atoms with Crippen LogP contribution >= 0.6 is 0 Å². The summed E-state index contributed by atoms with van der Waals surface area (Å²) >= 11 is 0. The average Bonchev–Trinajstić information content (AvgIpc) is 2.47. The van der Waals surface area contributed by atoms with Gasteiger partial charge in [-0.1, -0.05) is 30.3 Å². The van der Waals surface area contributed by atoms with Gasteiger partial charge < -0.3 is 14.5 Å². The van der Waals surface area contributed by atoms with E-state index >= 15 is 0 Å². The SMILES string of the molecule is O=C([O-])c1ccc(S(=O)(=O)[O-])cc1N/N=C/c1ccccc1.[Na+].[Na+]. The Morgan fingerprint density at radius 3 is 2.25 bits per heavy atom. The minimum atomic E-state index is -4.70. The third-order valence-corrected chi connectivity index (χ3v) is 3.53. The number of nitrogens with one attached hydrogen (secondary N) is 1. The summed E-state index contributed by atoms with van der Waals surface area (Å²) < 4.78 is 32.9. The largest absolute Gasteiger partial charge is 1.00 e. The second-order valence-corrected chi connectivity index (χ2v) is 5.61. The number of hydrazone groups is 1. The molecule has 7 nitrogen and oxygen atoms in total. The van der Waals surface area contributed by atoms with Crippen LogP contribution in [0.4, 0.5) is 5.69 Å². The van der Waals surface area contributed by atoms with E-state index in [1.807, 2.05) is 6.07 Å². The molecule has 1 N–H and O–H groups in total. The Kier molecular flexibility index (Phi) is 10.0. The van der Waals surface area contributed by atoms with Crippen LogP contribution in [0.3, 0.4) is 0 Å². The van der Waals surface area contributed by atoms with Gasteiger partial charge in [0.05, 0.1) is 22.8 Å². The van der Waals surface area contributed by atoms with Crippen molar-refractivity contribution in [3.63, 3.8) is 0 Å². The number of carboxylic acid groups (broad SMARTS) is 1. The molecule has 0 saturated heterocycles. The van der Waals surface area contributed by atoms with Crippen LogP contribution in [0.2, 0.25) is 0 Å². The van der Waals surface area contributed by atoms with E-state index < -0.39 is 21.0 Å². The normalized spacial score (nSPS) is 10.5. The van der Waals surface area contributed by atoms with Crippen molar-refractivity contribution in [1.82, 2.24) is 0 Å². The molecular formula is C14H10N2Na2O5S. The topological polar surface area (TPSA) is 122 Å². The molecule has 0 fully saturated rings. The number of anilines is 1. The minimum absolute atomic E-state index is 0. The summed E-state index contributed by atoms with van der Waals surface area (Å²) in [7, 11) is -4.70. The Hall–Kier alpha value is -0.710. The molecular weight excluding hydrogens is 354 g/mol. The van der Waals surface area contributed by atoms with Crippen LogP contribution in [0.25, 0.3) is 0 Å². The second kappa shape index (κ2) is 10.3. The van der Waals surface area contributed by atoms with Crippen molar-refractivity contribution >= 4 is 28.0 Å². The van der Waals surface area contributed by atoms with E-state index in [4.69, 9.17) is 0 Å². The summed E-state index contributed by atoms with van der Waals surface area (Å²) in [6.45, 7) is 0. The maximum absolute atomic E-state index is 11.0. The van der Waals surface area contributed by atoms with E-state index in [2.05, 4.69) is 10.5 Å². The zero-order valence-electron chi connectivity index (χ0n) is 13.1. The molecule has 2 aromatic rings. The van der Waals surface area contributed by atoms with Crippen LogP contribution in [-0.4, -0.2) is 25.2 Å². The summed E-state index contributed by atoms with van der Waals surface area (Å²) in [5.41, 5.74) is 2.69. The van der Waals surface area contributed by atoms with Gasteiger partial charge in [0.1, 0.15) is 10.1 Å². The van der Waals surface area contributed by atoms with Crippen molar-refractivity contribution in [2.24, 2.45) is 5.10 Å². The quantitative estimate of drug-likeness (QED) is 0.244. The molecule has 0 aromatic heterocycles. The molecule has 0 aliphatic heterocycles. The van der Waals surface area contributed by atoms with Crippen LogP contribution in [0.1, 0.15) is 15.9 Å². The van der Waals surface area contributed by atoms with E-state index in [0.29, 0.717) is 0 Å². The third-order valence-electron chi connectivity index (χ3n) is 2.70. The molecule has 114 valence electrons. The molecule has 10 heteroatoms. The van der Waals surface area contributed by atoms with Crippen molar-refractivity contribution in [3.8, 4) is 0 Å². The molecule has 2 aromatic carbocycles. The maximum atomic E-state index is 11.0. The zero-order chi connectivity index (χ0) is 16.2. The Morgan fingerprint density at radius 2 is 1.71 bits per heavy atom. The molecule has 0 atom stereocenters. The van der Waals surface area contributed by atoms with Crippen LogP contribution in [0, 0.1) is 0 Å². The van der Waals surface area contributed by atoms with Gasteiger partial charge in [-0.05, 0) is 23.8 Å². The van der Waals surface area contributed by atoms with Crippen LogP contribution < -0.4 is 69.6 Å². The van der Waals surface area contributed by atoms with Crippen LogP contribution in [0.5, 0.6) is 0 Å². The monoisotopic (exact) mass is 364 g/mol. The van der Waals surface area contributed by atoms with Crippen molar-refractivity contribution < 1.29 is 82.0 Å². The molecule has 0 bridgehead atoms. The Morgan fingerprint density at radius 1 is 1.08 bits per heavy atom. The fourth-order valence-corrected chi connectivity index (χ4v) is 2.16. The van der Waals surface area contributed by atoms with Crippen molar-refractivity contribution in [2.75, 3.05) is 5.43 Å². The summed E-state index contributed by atoms with van der Waals surface area (Å²) in [6.07, 6.45) is 1.41. The first-order valence-corrected chi connectivity index (χ1v) is 7.44. The third kappa shape index (κ3) is 6.66. The fourth-order valence-electron chi connectivity index (χ4n) is 1.66. The number of carbonyl (C=O) groups excluding carboxylic acids is 1. The summed E-state index contributed by atoms with van der Waals surface area (Å²) in [4.78, 5) is 10.4. The van der Waals surface area contributed by atoms with Gasteiger partial charge in [0.2, 0.25) is 0 Å². The van der Waals surface area contributed by atoms with E-state index in [1.54, 1.807) is 24.3 Å². The Labute approximate surface area is 183 Å². The first-order valence-electron chi connectivity index (χ1n) is 6.03. The van der Waals surface area contributed by atoms with Gasteiger partial charge in [-0.2, -0.15) is 5.10 Å². The van der Waals surface area contributed by atoms with E-state index in [1.165, 1.54) is 6.21 Å². The molecule has 0 unspecified atom stereocenters. The number of carboxylic acids is 1. The summed E-state index contributed by atoms with van der Waals surface area (Å²) in [5, 5.41) is 14.8. The maximum Gasteiger partial charge on any atom is 1.00 e. The Bertz CT molecular complexity index is 826. The number of benzene rings is 2. The van der Waals surface area contributed by atoms with Gasteiger partial charge in [-0.25, -0.2) is 8.42 Å². The molecule has 0 heterocycles. The number of carbonyl (C=O) groups is 1. The van der Waals surface area contributed by atoms with Crippen LogP contribution in [0.15, 0.2) is 58.5 Å². The van der Waals surface area contributed by atoms with E-state index in [-0.39, 0.29) is 70.4 Å². The number of hydrogen-bond donors (Lipinski definition) is 1. The van der Waals surface area contributed by atoms with Crippen molar-refractivity contribution in [1.29, 1.82) is 0 Å². The second-order valence-electron chi connectivity index (χ2n) is 4.23. The predicted molar refractivity (Wildman–Crippen MR) is 76.4 cm³/mol. The number of aromatic carboxylic acids is 1. The van der Waals surface area contributed by atoms with Gasteiger partial charge in [-0.3, -0.25) is 5.43 Å². The molecule has 0 saturated carbocycles. The van der Waals surface area contributed by atoms with E-state index in [0.717, 1.165) is 23.8 Å². The van der Waals surface area contributed by atoms with Crippen molar-refractivity contribution in [2.45, 2.75) is 4.90 Å².